The van der Waals surface area contributed by atoms with Crippen molar-refractivity contribution in [2.75, 3.05) is 0 Å². The molecule has 5 rings (SSSR count). The van der Waals surface area contributed by atoms with E-state index in [1.165, 1.54) is 42.5 Å². The minimum Gasteiger partial charge on any atom is -0.272 e. The molecule has 2 aromatic carbocycles. The van der Waals surface area contributed by atoms with Crippen LogP contribution in [-0.2, 0) is 16.1 Å². The molecule has 3 amide bonds. The van der Waals surface area contributed by atoms with Gasteiger partial charge in [0.25, 0.3) is 23.4 Å². The van der Waals surface area contributed by atoms with Crippen LogP contribution in [0.25, 0.3) is 0 Å². The number of carbonyl (C=O) groups excluding carboxylic acids is 3. The first-order valence-corrected chi connectivity index (χ1v) is 12.5. The maximum Gasteiger partial charge on any atom is 0.282 e. The van der Waals surface area contributed by atoms with Gasteiger partial charge in [-0.1, -0.05) is 62.2 Å². The molecular formula is C23H18Br2FN3O5. The molecule has 1 heterocycles. The van der Waals surface area contributed by atoms with Gasteiger partial charge in [0.2, 0.25) is 0 Å². The Hall–Kier alpha value is -2.66. The molecule has 8 nitrogen and oxygen atoms in total. The molecule has 11 heteroatoms. The van der Waals surface area contributed by atoms with E-state index in [9.17, 15) is 28.9 Å². The van der Waals surface area contributed by atoms with Crippen LogP contribution in [0.4, 0.5) is 10.1 Å². The van der Waals surface area contributed by atoms with Crippen molar-refractivity contribution in [3.05, 3.63) is 75.6 Å². The number of amides is 3. The molecular weight excluding hydrogens is 577 g/mol. The van der Waals surface area contributed by atoms with Gasteiger partial charge in [0.15, 0.2) is 0 Å². The number of benzene rings is 2. The van der Waals surface area contributed by atoms with E-state index in [0.717, 1.165) is 10.0 Å². The lowest BCUT2D eigenvalue weighted by molar-refractivity contribution is -0.385. The van der Waals surface area contributed by atoms with Crippen LogP contribution < -0.4 is 0 Å². The molecule has 2 bridgehead atoms. The zero-order chi connectivity index (χ0) is 24.3. The van der Waals surface area contributed by atoms with Crippen molar-refractivity contribution in [2.45, 2.75) is 22.6 Å². The smallest absolute Gasteiger partial charge is 0.272 e. The number of nitro groups is 1. The third-order valence-corrected chi connectivity index (χ3v) is 10.3. The first kappa shape index (κ1) is 23.1. The number of carbonyl (C=O) groups is 3. The molecule has 0 aromatic heterocycles. The molecule has 0 N–H and O–H groups in total. The Morgan fingerprint density at radius 2 is 1.59 bits per heavy atom. The van der Waals surface area contributed by atoms with Gasteiger partial charge >= 0.3 is 0 Å². The average Bonchev–Trinajstić information content (AvgIpc) is 3.43. The Bertz CT molecular complexity index is 1190. The number of nitrogens with zero attached hydrogens (tertiary/aromatic N) is 3. The molecule has 2 aliphatic carbocycles. The second kappa shape index (κ2) is 8.53. The van der Waals surface area contributed by atoms with Gasteiger partial charge < -0.3 is 0 Å². The summed E-state index contributed by atoms with van der Waals surface area (Å²) in [7, 11) is 0. The molecule has 3 aliphatic rings. The number of para-hydroxylation sites is 1. The fraction of sp³-hybridized carbons (Fsp3) is 0.348. The van der Waals surface area contributed by atoms with E-state index in [1.54, 1.807) is 6.07 Å². The van der Waals surface area contributed by atoms with Crippen molar-refractivity contribution in [3.8, 4) is 0 Å². The average molecular weight is 595 g/mol. The van der Waals surface area contributed by atoms with Crippen molar-refractivity contribution in [2.24, 2.45) is 23.7 Å². The Balaban J connectivity index is 1.58. The summed E-state index contributed by atoms with van der Waals surface area (Å²) < 4.78 is 14.5. The van der Waals surface area contributed by atoms with E-state index < -0.39 is 52.5 Å². The topological polar surface area (TPSA) is 101 Å². The number of fused-ring (bicyclic) bond motifs is 5. The van der Waals surface area contributed by atoms with E-state index in [2.05, 4.69) is 31.9 Å². The summed E-state index contributed by atoms with van der Waals surface area (Å²) in [5.41, 5.74) is -0.681. The Kier molecular flexibility index (Phi) is 5.79. The van der Waals surface area contributed by atoms with Crippen molar-refractivity contribution < 1.29 is 23.7 Å². The quantitative estimate of drug-likeness (QED) is 0.225. The third kappa shape index (κ3) is 3.39. The standard InChI is InChI=1S/C23H18Br2FN3O5/c24-19-13-9-14(20(19)25)18-17(13)22(31)28(23(18)32)27(10-11-5-1-3-7-15(11)26)21(30)12-6-2-4-8-16(12)29(33)34/h1-8,13-14,17-20H,9-10H2/t13-,14-,17-,18+,19+,20+/m1/s1. The zero-order valence-corrected chi connectivity index (χ0v) is 20.7. The van der Waals surface area contributed by atoms with E-state index in [0.29, 0.717) is 6.42 Å². The number of imide groups is 1. The Morgan fingerprint density at radius 1 is 1.03 bits per heavy atom. The Morgan fingerprint density at radius 3 is 2.18 bits per heavy atom. The summed E-state index contributed by atoms with van der Waals surface area (Å²) in [4.78, 5) is 51.6. The number of rotatable bonds is 5. The minimum atomic E-state index is -0.921. The summed E-state index contributed by atoms with van der Waals surface area (Å²) in [6, 6.07) is 11.0. The van der Waals surface area contributed by atoms with Gasteiger partial charge in [-0.3, -0.25) is 24.5 Å². The fourth-order valence-electron chi connectivity index (χ4n) is 5.55. The fourth-order valence-corrected chi connectivity index (χ4v) is 7.42. The molecule has 3 fully saturated rings. The molecule has 6 atom stereocenters. The number of halogens is 3. The third-order valence-electron chi connectivity index (χ3n) is 7.05. The first-order valence-electron chi connectivity index (χ1n) is 10.7. The molecule has 2 aromatic rings. The van der Waals surface area contributed by atoms with Crippen LogP contribution in [0, 0.1) is 39.6 Å². The molecule has 176 valence electrons. The predicted octanol–water partition coefficient (Wildman–Crippen LogP) is 4.07. The van der Waals surface area contributed by atoms with Crippen LogP contribution in [0.3, 0.4) is 0 Å². The van der Waals surface area contributed by atoms with Crippen molar-refractivity contribution in [3.63, 3.8) is 0 Å². The highest BCUT2D eigenvalue weighted by molar-refractivity contribution is 9.12. The largest absolute Gasteiger partial charge is 0.282 e. The second-order valence-corrected chi connectivity index (χ2v) is 10.8. The lowest BCUT2D eigenvalue weighted by atomic mass is 9.81. The van der Waals surface area contributed by atoms with Crippen LogP contribution in [-0.4, -0.2) is 42.3 Å². The molecule has 2 saturated carbocycles. The van der Waals surface area contributed by atoms with Crippen molar-refractivity contribution in [1.29, 1.82) is 0 Å². The highest BCUT2D eigenvalue weighted by Crippen LogP contribution is 2.60. The number of hydrazine groups is 1. The summed E-state index contributed by atoms with van der Waals surface area (Å²) >= 11 is 7.24. The van der Waals surface area contributed by atoms with E-state index in [4.69, 9.17) is 0 Å². The number of hydrogen-bond acceptors (Lipinski definition) is 5. The van der Waals surface area contributed by atoms with Crippen molar-refractivity contribution >= 4 is 55.3 Å². The van der Waals surface area contributed by atoms with Crippen LogP contribution in [0.5, 0.6) is 0 Å². The molecule has 0 spiro atoms. The van der Waals surface area contributed by atoms with Gasteiger partial charge in [0.1, 0.15) is 11.4 Å². The predicted molar refractivity (Wildman–Crippen MR) is 125 cm³/mol. The number of alkyl halides is 2. The van der Waals surface area contributed by atoms with Crippen LogP contribution in [0.1, 0.15) is 22.3 Å². The maximum absolute atomic E-state index is 14.5. The molecule has 0 radical (unpaired) electrons. The Labute approximate surface area is 210 Å². The lowest BCUT2D eigenvalue weighted by Crippen LogP contribution is -2.50. The second-order valence-electron chi connectivity index (χ2n) is 8.72. The lowest BCUT2D eigenvalue weighted by Gasteiger charge is -2.31. The molecule has 1 aliphatic heterocycles. The van der Waals surface area contributed by atoms with E-state index >= 15 is 0 Å². The normalized spacial score (nSPS) is 29.4. The first-order chi connectivity index (χ1) is 16.2. The number of hydrogen-bond donors (Lipinski definition) is 0. The van der Waals surface area contributed by atoms with E-state index in [-0.39, 0.29) is 32.6 Å². The highest BCUT2D eigenvalue weighted by atomic mass is 79.9. The van der Waals surface area contributed by atoms with Gasteiger partial charge in [0, 0.05) is 21.3 Å². The number of nitro benzene ring substituents is 1. The maximum atomic E-state index is 14.5. The zero-order valence-electron chi connectivity index (χ0n) is 17.5. The minimum absolute atomic E-state index is 0.00128. The molecule has 1 saturated heterocycles. The van der Waals surface area contributed by atoms with Gasteiger partial charge in [-0.2, -0.15) is 5.01 Å². The summed E-state index contributed by atoms with van der Waals surface area (Å²) in [6.45, 7) is -0.431. The van der Waals surface area contributed by atoms with Crippen LogP contribution in [0.15, 0.2) is 48.5 Å². The summed E-state index contributed by atoms with van der Waals surface area (Å²) in [5.74, 6) is -3.98. The van der Waals surface area contributed by atoms with Gasteiger partial charge in [0.05, 0.1) is 23.3 Å². The molecule has 34 heavy (non-hydrogen) atoms. The monoisotopic (exact) mass is 593 g/mol. The van der Waals surface area contributed by atoms with Gasteiger partial charge in [-0.05, 0) is 30.4 Å². The van der Waals surface area contributed by atoms with Gasteiger partial charge in [-0.15, -0.1) is 0 Å². The van der Waals surface area contributed by atoms with Gasteiger partial charge in [-0.25, -0.2) is 9.40 Å². The van der Waals surface area contributed by atoms with Crippen LogP contribution in [0.2, 0.25) is 0 Å². The SMILES string of the molecule is O=C(c1ccccc1[N+](=O)[O-])N(Cc1ccccc1F)N1C(=O)[C@@H]2[C@H]3C[C@@H]([C@H](Br)[C@H]3Br)[C@@H]2C1=O. The van der Waals surface area contributed by atoms with Crippen LogP contribution >= 0.6 is 31.9 Å². The summed E-state index contributed by atoms with van der Waals surface area (Å²) in [5, 5.41) is 13.2. The molecule has 0 unspecified atom stereocenters. The highest BCUT2D eigenvalue weighted by Gasteiger charge is 2.67. The van der Waals surface area contributed by atoms with Crippen molar-refractivity contribution in [1.82, 2.24) is 10.0 Å². The summed E-state index contributed by atoms with van der Waals surface area (Å²) in [6.07, 6.45) is 0.706. The van der Waals surface area contributed by atoms with E-state index in [1.807, 2.05) is 0 Å².